The lowest BCUT2D eigenvalue weighted by molar-refractivity contribution is 0.0945. The van der Waals surface area contributed by atoms with Crippen LogP contribution in [0.4, 0.5) is 5.82 Å². The molecule has 1 saturated heterocycles. The smallest absolute Gasteiger partial charge is 0.271 e. The van der Waals surface area contributed by atoms with E-state index in [1.807, 2.05) is 12.1 Å². The minimum atomic E-state index is -0.222. The molecule has 6 nitrogen and oxygen atoms in total. The van der Waals surface area contributed by atoms with Gasteiger partial charge in [-0.15, -0.1) is 0 Å². The molecule has 0 aliphatic carbocycles. The zero-order valence-electron chi connectivity index (χ0n) is 13.3. The predicted octanol–water partition coefficient (Wildman–Crippen LogP) is 2.04. The van der Waals surface area contributed by atoms with E-state index in [2.05, 4.69) is 32.1 Å². The summed E-state index contributed by atoms with van der Waals surface area (Å²) in [4.78, 5) is 27.0. The van der Waals surface area contributed by atoms with Gasteiger partial charge in [0.2, 0.25) is 0 Å². The molecule has 120 valence electrons. The second kappa shape index (κ2) is 7.17. The Morgan fingerprint density at radius 1 is 1.35 bits per heavy atom. The van der Waals surface area contributed by atoms with Crippen molar-refractivity contribution in [1.82, 2.24) is 20.3 Å². The summed E-state index contributed by atoms with van der Waals surface area (Å²) in [7, 11) is 0. The average Bonchev–Trinajstić information content (AvgIpc) is 2.61. The lowest BCUT2D eigenvalue weighted by Crippen LogP contribution is -2.35. The van der Waals surface area contributed by atoms with E-state index in [0.29, 0.717) is 18.2 Å². The Hall–Kier alpha value is -2.50. The maximum Gasteiger partial charge on any atom is 0.271 e. The second-order valence-electron chi connectivity index (χ2n) is 6.00. The first-order chi connectivity index (χ1) is 11.2. The van der Waals surface area contributed by atoms with Gasteiger partial charge >= 0.3 is 0 Å². The van der Waals surface area contributed by atoms with Gasteiger partial charge in [0, 0.05) is 32.0 Å². The van der Waals surface area contributed by atoms with E-state index in [1.165, 1.54) is 12.8 Å². The summed E-state index contributed by atoms with van der Waals surface area (Å²) in [6.07, 6.45) is 9.11. The molecule has 2 aromatic heterocycles. The molecular formula is C17H21N5O. The van der Waals surface area contributed by atoms with Gasteiger partial charge in [-0.3, -0.25) is 9.78 Å². The number of hydrogen-bond donors (Lipinski definition) is 1. The van der Waals surface area contributed by atoms with E-state index in [1.54, 1.807) is 24.8 Å². The van der Waals surface area contributed by atoms with E-state index in [-0.39, 0.29) is 5.91 Å². The number of amides is 1. The van der Waals surface area contributed by atoms with Crippen LogP contribution in [-0.2, 0) is 6.54 Å². The van der Waals surface area contributed by atoms with Crippen molar-refractivity contribution in [3.8, 4) is 0 Å². The number of carbonyl (C=O) groups excluding carboxylic acids is 1. The third kappa shape index (κ3) is 4.03. The number of rotatable bonds is 4. The minimum Gasteiger partial charge on any atom is -0.355 e. The third-order valence-electron chi connectivity index (χ3n) is 4.03. The van der Waals surface area contributed by atoms with Crippen LogP contribution in [-0.4, -0.2) is 33.9 Å². The summed E-state index contributed by atoms with van der Waals surface area (Å²) >= 11 is 0. The standard InChI is InChI=1S/C17H21N5O/c1-13-4-3-7-22(12-13)16-11-19-15(10-20-16)17(23)21-9-14-5-2-6-18-8-14/h2,5-6,8,10-11,13H,3-4,7,9,12H2,1H3,(H,21,23). The molecule has 1 fully saturated rings. The highest BCUT2D eigenvalue weighted by atomic mass is 16.1. The Kier molecular flexibility index (Phi) is 4.80. The van der Waals surface area contributed by atoms with Crippen LogP contribution in [0.3, 0.4) is 0 Å². The number of carbonyl (C=O) groups is 1. The number of pyridine rings is 1. The van der Waals surface area contributed by atoms with Gasteiger partial charge in [-0.05, 0) is 30.4 Å². The fourth-order valence-electron chi connectivity index (χ4n) is 2.77. The van der Waals surface area contributed by atoms with Gasteiger partial charge in [-0.25, -0.2) is 9.97 Å². The molecule has 3 rings (SSSR count). The SMILES string of the molecule is CC1CCCN(c2cnc(C(=O)NCc3cccnc3)cn2)C1. The zero-order chi connectivity index (χ0) is 16.1. The molecule has 0 saturated carbocycles. The first kappa shape index (κ1) is 15.4. The van der Waals surface area contributed by atoms with Crippen LogP contribution in [0.25, 0.3) is 0 Å². The van der Waals surface area contributed by atoms with Gasteiger partial charge in [0.25, 0.3) is 5.91 Å². The van der Waals surface area contributed by atoms with Crippen LogP contribution in [0.15, 0.2) is 36.9 Å². The topological polar surface area (TPSA) is 71.0 Å². The van der Waals surface area contributed by atoms with Crippen LogP contribution >= 0.6 is 0 Å². The molecule has 23 heavy (non-hydrogen) atoms. The van der Waals surface area contributed by atoms with Crippen molar-refractivity contribution in [3.63, 3.8) is 0 Å². The summed E-state index contributed by atoms with van der Waals surface area (Å²) in [6, 6.07) is 3.76. The molecule has 3 heterocycles. The molecule has 6 heteroatoms. The van der Waals surface area contributed by atoms with E-state index < -0.39 is 0 Å². The quantitative estimate of drug-likeness (QED) is 0.935. The average molecular weight is 311 g/mol. The van der Waals surface area contributed by atoms with Crippen LogP contribution < -0.4 is 10.2 Å². The number of aromatic nitrogens is 3. The first-order valence-electron chi connectivity index (χ1n) is 7.96. The Morgan fingerprint density at radius 2 is 2.26 bits per heavy atom. The highest BCUT2D eigenvalue weighted by Gasteiger charge is 2.18. The maximum absolute atomic E-state index is 12.1. The minimum absolute atomic E-state index is 0.222. The van der Waals surface area contributed by atoms with Crippen molar-refractivity contribution < 1.29 is 4.79 Å². The summed E-state index contributed by atoms with van der Waals surface area (Å²) in [5, 5.41) is 2.83. The summed E-state index contributed by atoms with van der Waals surface area (Å²) in [6.45, 7) is 4.69. The summed E-state index contributed by atoms with van der Waals surface area (Å²) in [5.41, 5.74) is 1.29. The van der Waals surface area contributed by atoms with Crippen molar-refractivity contribution in [2.75, 3.05) is 18.0 Å². The van der Waals surface area contributed by atoms with Crippen molar-refractivity contribution in [2.24, 2.45) is 5.92 Å². The largest absolute Gasteiger partial charge is 0.355 e. The third-order valence-corrected chi connectivity index (χ3v) is 4.03. The Bertz CT molecular complexity index is 644. The molecule has 0 bridgehead atoms. The lowest BCUT2D eigenvalue weighted by Gasteiger charge is -2.31. The van der Waals surface area contributed by atoms with Gasteiger partial charge < -0.3 is 10.2 Å². The van der Waals surface area contributed by atoms with Crippen molar-refractivity contribution >= 4 is 11.7 Å². The van der Waals surface area contributed by atoms with Crippen LogP contribution in [0.2, 0.25) is 0 Å². The van der Waals surface area contributed by atoms with Crippen molar-refractivity contribution in [3.05, 3.63) is 48.2 Å². The van der Waals surface area contributed by atoms with Gasteiger partial charge in [0.1, 0.15) is 11.5 Å². The monoisotopic (exact) mass is 311 g/mol. The molecule has 0 aromatic carbocycles. The van der Waals surface area contributed by atoms with Gasteiger partial charge in [-0.1, -0.05) is 13.0 Å². The fourth-order valence-corrected chi connectivity index (χ4v) is 2.77. The first-order valence-corrected chi connectivity index (χ1v) is 7.96. The molecule has 2 aromatic rings. The predicted molar refractivity (Wildman–Crippen MR) is 88.1 cm³/mol. The van der Waals surface area contributed by atoms with Gasteiger partial charge in [0.05, 0.1) is 12.4 Å². The molecule has 1 unspecified atom stereocenters. The molecule has 1 N–H and O–H groups in total. The number of hydrogen-bond acceptors (Lipinski definition) is 5. The van der Waals surface area contributed by atoms with E-state index >= 15 is 0 Å². The highest BCUT2D eigenvalue weighted by Crippen LogP contribution is 2.20. The lowest BCUT2D eigenvalue weighted by atomic mass is 10.0. The Labute approximate surface area is 136 Å². The maximum atomic E-state index is 12.1. The number of anilines is 1. The highest BCUT2D eigenvalue weighted by molar-refractivity contribution is 5.91. The van der Waals surface area contributed by atoms with Gasteiger partial charge in [-0.2, -0.15) is 0 Å². The Morgan fingerprint density at radius 3 is 2.96 bits per heavy atom. The molecule has 1 amide bonds. The van der Waals surface area contributed by atoms with E-state index in [9.17, 15) is 4.79 Å². The van der Waals surface area contributed by atoms with Crippen LogP contribution in [0, 0.1) is 5.92 Å². The van der Waals surface area contributed by atoms with Crippen LogP contribution in [0.1, 0.15) is 35.8 Å². The molecule has 1 aliphatic rings. The second-order valence-corrected chi connectivity index (χ2v) is 6.00. The molecule has 1 aliphatic heterocycles. The van der Waals surface area contributed by atoms with Crippen molar-refractivity contribution in [2.45, 2.75) is 26.3 Å². The number of nitrogens with one attached hydrogen (secondary N) is 1. The number of piperidine rings is 1. The van der Waals surface area contributed by atoms with Gasteiger partial charge in [0.15, 0.2) is 0 Å². The zero-order valence-corrected chi connectivity index (χ0v) is 13.3. The molecule has 0 radical (unpaired) electrons. The Balaban J connectivity index is 1.59. The van der Waals surface area contributed by atoms with Crippen molar-refractivity contribution in [1.29, 1.82) is 0 Å². The molecule has 0 spiro atoms. The van der Waals surface area contributed by atoms with E-state index in [4.69, 9.17) is 0 Å². The fraction of sp³-hybridized carbons (Fsp3) is 0.412. The molecule has 1 atom stereocenters. The summed E-state index contributed by atoms with van der Waals surface area (Å²) in [5.74, 6) is 1.30. The molecular weight excluding hydrogens is 290 g/mol. The van der Waals surface area contributed by atoms with Crippen LogP contribution in [0.5, 0.6) is 0 Å². The van der Waals surface area contributed by atoms with E-state index in [0.717, 1.165) is 24.5 Å². The number of nitrogens with zero attached hydrogens (tertiary/aromatic N) is 4. The summed E-state index contributed by atoms with van der Waals surface area (Å²) < 4.78 is 0. The normalized spacial score (nSPS) is 17.8.